The van der Waals surface area contributed by atoms with Crippen molar-refractivity contribution in [3.63, 3.8) is 0 Å². The summed E-state index contributed by atoms with van der Waals surface area (Å²) < 4.78 is 6.58. The Morgan fingerprint density at radius 2 is 2.00 bits per heavy atom. The van der Waals surface area contributed by atoms with E-state index in [2.05, 4.69) is 0 Å². The molecule has 0 saturated heterocycles. The first kappa shape index (κ1) is 15.1. The summed E-state index contributed by atoms with van der Waals surface area (Å²) in [5.74, 6) is -0.554. The lowest BCUT2D eigenvalue weighted by molar-refractivity contribution is 0.0988. The number of fused-ring (bicyclic) bond motifs is 1. The van der Waals surface area contributed by atoms with Crippen molar-refractivity contribution in [1.29, 1.82) is 0 Å². The highest BCUT2D eigenvalue weighted by atomic mass is 16.4. The van der Waals surface area contributed by atoms with E-state index in [1.807, 2.05) is 38.1 Å². The fourth-order valence-corrected chi connectivity index (χ4v) is 2.66. The van der Waals surface area contributed by atoms with Crippen LogP contribution in [0.25, 0.3) is 11.1 Å². The lowest BCUT2D eigenvalue weighted by Crippen LogP contribution is -2.30. The number of aryl methyl sites for hydroxylation is 2. The number of anilines is 1. The van der Waals surface area contributed by atoms with E-state index < -0.39 is 5.76 Å². The zero-order valence-corrected chi connectivity index (χ0v) is 13.4. The Kier molecular flexibility index (Phi) is 3.78. The number of carbonyl (C=O) groups is 1. The van der Waals surface area contributed by atoms with Gasteiger partial charge < -0.3 is 9.32 Å². The zero-order valence-electron chi connectivity index (χ0n) is 13.4. The number of nitrogens with zero attached hydrogens (tertiary/aromatic N) is 2. The van der Waals surface area contributed by atoms with Crippen LogP contribution in [0.5, 0.6) is 0 Å². The molecule has 0 saturated carbocycles. The molecule has 0 bridgehead atoms. The minimum absolute atomic E-state index is 0.119. The maximum atomic E-state index is 12.8. The molecule has 0 fully saturated rings. The molecule has 0 aliphatic rings. The highest BCUT2D eigenvalue weighted by Gasteiger charge is 2.18. The van der Waals surface area contributed by atoms with Gasteiger partial charge in [0.05, 0.1) is 5.52 Å². The molecule has 0 spiro atoms. The number of amides is 1. The van der Waals surface area contributed by atoms with Crippen molar-refractivity contribution < 1.29 is 9.21 Å². The molecule has 1 aromatic heterocycles. The number of hydrogen-bond donors (Lipinski definition) is 0. The monoisotopic (exact) mass is 310 g/mol. The summed E-state index contributed by atoms with van der Waals surface area (Å²) in [5.41, 5.74) is 3.54. The molecule has 1 amide bonds. The van der Waals surface area contributed by atoms with Gasteiger partial charge in [0, 0.05) is 24.8 Å². The topological polar surface area (TPSA) is 55.5 Å². The Morgan fingerprint density at radius 1 is 1.22 bits per heavy atom. The molecule has 0 N–H and O–H groups in total. The lowest BCUT2D eigenvalue weighted by Gasteiger charge is -2.21. The normalized spacial score (nSPS) is 10.9. The second-order valence-electron chi connectivity index (χ2n) is 5.50. The molecule has 0 aliphatic heterocycles. The second-order valence-corrected chi connectivity index (χ2v) is 5.50. The van der Waals surface area contributed by atoms with Crippen LogP contribution in [0.15, 0.2) is 51.7 Å². The molecule has 1 heterocycles. The van der Waals surface area contributed by atoms with Crippen molar-refractivity contribution in [1.82, 2.24) is 4.57 Å². The molecule has 5 heteroatoms. The second kappa shape index (κ2) is 5.76. The van der Waals surface area contributed by atoms with Crippen LogP contribution in [0.2, 0.25) is 0 Å². The number of oxazole rings is 1. The molecule has 0 unspecified atom stereocenters. The Labute approximate surface area is 133 Å². The first-order valence-electron chi connectivity index (χ1n) is 7.49. The number of hydrogen-bond acceptors (Lipinski definition) is 3. The van der Waals surface area contributed by atoms with E-state index in [4.69, 9.17) is 4.42 Å². The summed E-state index contributed by atoms with van der Waals surface area (Å²) in [4.78, 5) is 26.1. The summed E-state index contributed by atoms with van der Waals surface area (Å²) >= 11 is 0. The van der Waals surface area contributed by atoms with E-state index in [0.717, 1.165) is 11.3 Å². The molecule has 3 aromatic rings. The molecular formula is C18H18N2O3. The predicted octanol–water partition coefficient (Wildman–Crippen LogP) is 3.11. The van der Waals surface area contributed by atoms with Crippen molar-refractivity contribution in [2.45, 2.75) is 13.8 Å². The van der Waals surface area contributed by atoms with Crippen LogP contribution in [0.3, 0.4) is 0 Å². The van der Waals surface area contributed by atoms with E-state index in [1.54, 1.807) is 30.1 Å². The number of benzene rings is 2. The van der Waals surface area contributed by atoms with Crippen LogP contribution >= 0.6 is 0 Å². The number of aromatic nitrogens is 1. The minimum Gasteiger partial charge on any atom is -0.408 e. The summed E-state index contributed by atoms with van der Waals surface area (Å²) in [6.45, 7) is 4.48. The van der Waals surface area contributed by atoms with Crippen LogP contribution in [-0.2, 0) is 7.05 Å². The van der Waals surface area contributed by atoms with E-state index in [1.165, 1.54) is 4.57 Å². The summed E-state index contributed by atoms with van der Waals surface area (Å²) in [6.07, 6.45) is 0. The highest BCUT2D eigenvalue weighted by molar-refractivity contribution is 6.07. The van der Waals surface area contributed by atoms with Gasteiger partial charge in [-0.05, 0) is 49.7 Å². The van der Waals surface area contributed by atoms with E-state index >= 15 is 0 Å². The maximum absolute atomic E-state index is 12.8. The number of carbonyl (C=O) groups excluding carboxylic acids is 1. The quantitative estimate of drug-likeness (QED) is 0.747. The largest absolute Gasteiger partial charge is 0.419 e. The first-order chi connectivity index (χ1) is 11.0. The third-order valence-electron chi connectivity index (χ3n) is 3.91. The van der Waals surface area contributed by atoms with Gasteiger partial charge >= 0.3 is 5.76 Å². The molecule has 0 radical (unpaired) electrons. The van der Waals surface area contributed by atoms with E-state index in [9.17, 15) is 9.59 Å². The van der Waals surface area contributed by atoms with Gasteiger partial charge in [0.2, 0.25) is 0 Å². The van der Waals surface area contributed by atoms with Crippen molar-refractivity contribution >= 4 is 22.7 Å². The van der Waals surface area contributed by atoms with Gasteiger partial charge in [0.25, 0.3) is 5.91 Å². The Hall–Kier alpha value is -2.82. The standard InChI is InChI=1S/C18H18N2O3/c1-4-20(14-7-5-6-12(2)10-14)17(21)13-8-9-15-16(11-13)23-18(22)19(15)3/h5-11H,4H2,1-3H3. The SMILES string of the molecule is CCN(C(=O)c1ccc2c(c1)oc(=O)n2C)c1cccc(C)c1. The van der Waals surface area contributed by atoms with Gasteiger partial charge in [-0.2, -0.15) is 0 Å². The smallest absolute Gasteiger partial charge is 0.408 e. The van der Waals surface area contributed by atoms with Crippen molar-refractivity contribution in [2.75, 3.05) is 11.4 Å². The minimum atomic E-state index is -0.435. The van der Waals surface area contributed by atoms with Crippen LogP contribution < -0.4 is 10.7 Å². The van der Waals surface area contributed by atoms with Gasteiger partial charge in [0.15, 0.2) is 5.58 Å². The van der Waals surface area contributed by atoms with E-state index in [0.29, 0.717) is 23.2 Å². The predicted molar refractivity (Wildman–Crippen MR) is 90.0 cm³/mol. The zero-order chi connectivity index (χ0) is 16.6. The van der Waals surface area contributed by atoms with Gasteiger partial charge in [-0.3, -0.25) is 9.36 Å². The Morgan fingerprint density at radius 3 is 2.70 bits per heavy atom. The van der Waals surface area contributed by atoms with Crippen LogP contribution in [-0.4, -0.2) is 17.0 Å². The van der Waals surface area contributed by atoms with Crippen molar-refractivity contribution in [2.24, 2.45) is 7.05 Å². The molecule has 5 nitrogen and oxygen atoms in total. The summed E-state index contributed by atoms with van der Waals surface area (Å²) in [7, 11) is 1.64. The van der Waals surface area contributed by atoms with Gasteiger partial charge in [-0.15, -0.1) is 0 Å². The fourth-order valence-electron chi connectivity index (χ4n) is 2.66. The fraction of sp³-hybridized carbons (Fsp3) is 0.222. The van der Waals surface area contributed by atoms with Gasteiger partial charge in [0.1, 0.15) is 0 Å². The number of rotatable bonds is 3. The first-order valence-corrected chi connectivity index (χ1v) is 7.49. The summed E-state index contributed by atoms with van der Waals surface area (Å²) in [6, 6.07) is 12.9. The molecule has 3 rings (SSSR count). The maximum Gasteiger partial charge on any atom is 0.419 e. The summed E-state index contributed by atoms with van der Waals surface area (Å²) in [5, 5.41) is 0. The third kappa shape index (κ3) is 2.65. The molecule has 0 aliphatic carbocycles. The van der Waals surface area contributed by atoms with Crippen LogP contribution in [0.4, 0.5) is 5.69 Å². The van der Waals surface area contributed by atoms with Crippen LogP contribution in [0, 0.1) is 6.92 Å². The average molecular weight is 310 g/mol. The molecular weight excluding hydrogens is 292 g/mol. The van der Waals surface area contributed by atoms with Crippen molar-refractivity contribution in [3.8, 4) is 0 Å². The molecule has 118 valence electrons. The average Bonchev–Trinajstić information content (AvgIpc) is 2.82. The van der Waals surface area contributed by atoms with Crippen molar-refractivity contribution in [3.05, 3.63) is 64.1 Å². The Balaban J connectivity index is 2.02. The Bertz CT molecular complexity index is 937. The lowest BCUT2D eigenvalue weighted by atomic mass is 10.1. The van der Waals surface area contributed by atoms with Crippen LogP contribution in [0.1, 0.15) is 22.8 Å². The highest BCUT2D eigenvalue weighted by Crippen LogP contribution is 2.21. The third-order valence-corrected chi connectivity index (χ3v) is 3.91. The molecule has 23 heavy (non-hydrogen) atoms. The van der Waals surface area contributed by atoms with Gasteiger partial charge in [-0.25, -0.2) is 4.79 Å². The molecule has 2 aromatic carbocycles. The molecule has 0 atom stereocenters. The van der Waals surface area contributed by atoms with Gasteiger partial charge in [-0.1, -0.05) is 12.1 Å². The van der Waals surface area contributed by atoms with E-state index in [-0.39, 0.29) is 5.91 Å².